The molecule has 0 bridgehead atoms. The summed E-state index contributed by atoms with van der Waals surface area (Å²) in [7, 11) is 0. The molecule has 1 N–H and O–H groups in total. The molecule has 0 saturated carbocycles. The smallest absolute Gasteiger partial charge is 0.0545 e. The molecule has 3 heteroatoms. The largest absolute Gasteiger partial charge is 0.308 e. The number of hydrogen-bond donors (Lipinski definition) is 1. The minimum absolute atomic E-state index is 0.136. The molecular weight excluding hydrogens is 274 g/mol. The van der Waals surface area contributed by atoms with Crippen molar-refractivity contribution in [3.05, 3.63) is 28.8 Å². The molecule has 108 valence electrons. The zero-order valence-electron chi connectivity index (χ0n) is 12.7. The average Bonchev–Trinajstić information content (AvgIpc) is 2.27. The molecule has 1 aromatic carbocycles. The minimum atomic E-state index is 0.136. The normalized spacial score (nSPS) is 12.2. The molecule has 0 aliphatic rings. The third kappa shape index (κ3) is 7.24. The van der Waals surface area contributed by atoms with Crippen molar-refractivity contribution in [2.45, 2.75) is 58.0 Å². The Morgan fingerprint density at radius 1 is 1.26 bits per heavy atom. The Kier molecular flexibility index (Phi) is 6.72. The zero-order chi connectivity index (χ0) is 14.5. The van der Waals surface area contributed by atoms with E-state index in [0.29, 0.717) is 0 Å². The van der Waals surface area contributed by atoms with Crippen molar-refractivity contribution < 1.29 is 0 Å². The first-order valence-electron chi connectivity index (χ1n) is 6.94. The van der Waals surface area contributed by atoms with Gasteiger partial charge in [0.1, 0.15) is 0 Å². The standard InChI is InChI=1S/C16H26ClNS/c1-12(2)8-9-19-15-7-6-13(10-14(15)17)11-18-16(3,4)5/h6-7,10,12,18H,8-9,11H2,1-5H3. The minimum Gasteiger partial charge on any atom is -0.308 e. The molecule has 1 aromatic rings. The van der Waals surface area contributed by atoms with Crippen molar-refractivity contribution >= 4 is 23.4 Å². The van der Waals surface area contributed by atoms with Crippen LogP contribution in [0.5, 0.6) is 0 Å². The number of hydrogen-bond acceptors (Lipinski definition) is 2. The van der Waals surface area contributed by atoms with Gasteiger partial charge in [-0.3, -0.25) is 0 Å². The fraction of sp³-hybridized carbons (Fsp3) is 0.625. The SMILES string of the molecule is CC(C)CCSc1ccc(CNC(C)(C)C)cc1Cl. The van der Waals surface area contributed by atoms with Gasteiger partial charge in [-0.15, -0.1) is 11.8 Å². The summed E-state index contributed by atoms with van der Waals surface area (Å²) >= 11 is 8.20. The van der Waals surface area contributed by atoms with Crippen LogP contribution in [0.25, 0.3) is 0 Å². The summed E-state index contributed by atoms with van der Waals surface area (Å²) in [5.41, 5.74) is 1.38. The van der Waals surface area contributed by atoms with E-state index in [1.807, 2.05) is 11.8 Å². The van der Waals surface area contributed by atoms with Crippen molar-refractivity contribution in [3.8, 4) is 0 Å². The van der Waals surface area contributed by atoms with Gasteiger partial charge < -0.3 is 5.32 Å². The number of thioether (sulfide) groups is 1. The predicted octanol–water partition coefficient (Wildman–Crippen LogP) is 5.37. The molecule has 19 heavy (non-hydrogen) atoms. The van der Waals surface area contributed by atoms with E-state index < -0.39 is 0 Å². The van der Waals surface area contributed by atoms with E-state index >= 15 is 0 Å². The summed E-state index contributed by atoms with van der Waals surface area (Å²) in [6, 6.07) is 6.40. The van der Waals surface area contributed by atoms with Crippen LogP contribution in [0.4, 0.5) is 0 Å². The first-order chi connectivity index (χ1) is 8.78. The molecular formula is C16H26ClNS. The Morgan fingerprint density at radius 3 is 2.47 bits per heavy atom. The second-order valence-electron chi connectivity index (χ2n) is 6.40. The molecule has 0 aliphatic heterocycles. The highest BCUT2D eigenvalue weighted by atomic mass is 35.5. The van der Waals surface area contributed by atoms with E-state index in [9.17, 15) is 0 Å². The monoisotopic (exact) mass is 299 g/mol. The molecule has 0 amide bonds. The maximum Gasteiger partial charge on any atom is 0.0545 e. The molecule has 1 rings (SSSR count). The summed E-state index contributed by atoms with van der Waals surface area (Å²) in [4.78, 5) is 1.20. The zero-order valence-corrected chi connectivity index (χ0v) is 14.3. The molecule has 0 fully saturated rings. The first kappa shape index (κ1) is 16.9. The van der Waals surface area contributed by atoms with Crippen LogP contribution in [0.2, 0.25) is 5.02 Å². The van der Waals surface area contributed by atoms with E-state index in [-0.39, 0.29) is 5.54 Å². The van der Waals surface area contributed by atoms with E-state index in [4.69, 9.17) is 11.6 Å². The number of rotatable bonds is 6. The lowest BCUT2D eigenvalue weighted by atomic mass is 10.1. The number of halogens is 1. The Labute approximate surface area is 127 Å². The highest BCUT2D eigenvalue weighted by Gasteiger charge is 2.09. The van der Waals surface area contributed by atoms with Gasteiger partial charge in [0.05, 0.1) is 5.02 Å². The van der Waals surface area contributed by atoms with Crippen LogP contribution in [0.3, 0.4) is 0 Å². The van der Waals surface area contributed by atoms with Crippen LogP contribution < -0.4 is 5.32 Å². The van der Waals surface area contributed by atoms with Gasteiger partial charge in [0.15, 0.2) is 0 Å². The molecule has 0 unspecified atom stereocenters. The molecule has 0 atom stereocenters. The lowest BCUT2D eigenvalue weighted by Gasteiger charge is -2.20. The first-order valence-corrected chi connectivity index (χ1v) is 8.30. The molecule has 0 heterocycles. The second-order valence-corrected chi connectivity index (χ2v) is 7.94. The van der Waals surface area contributed by atoms with Gasteiger partial charge in [-0.1, -0.05) is 31.5 Å². The van der Waals surface area contributed by atoms with Gasteiger partial charge in [0, 0.05) is 17.0 Å². The summed E-state index contributed by atoms with van der Waals surface area (Å²) in [6.45, 7) is 11.9. The Bertz CT molecular complexity index is 396. The van der Waals surface area contributed by atoms with Gasteiger partial charge >= 0.3 is 0 Å². The van der Waals surface area contributed by atoms with Crippen molar-refractivity contribution in [1.82, 2.24) is 5.32 Å². The summed E-state index contributed by atoms with van der Waals surface area (Å²) < 4.78 is 0. The van der Waals surface area contributed by atoms with Crippen LogP contribution in [-0.4, -0.2) is 11.3 Å². The molecule has 0 aliphatic carbocycles. The maximum absolute atomic E-state index is 6.35. The Balaban J connectivity index is 2.54. The van der Waals surface area contributed by atoms with Gasteiger partial charge in [0.2, 0.25) is 0 Å². The summed E-state index contributed by atoms with van der Waals surface area (Å²) in [5.74, 6) is 1.89. The summed E-state index contributed by atoms with van der Waals surface area (Å²) in [6.07, 6.45) is 1.23. The van der Waals surface area contributed by atoms with Crippen LogP contribution in [0.1, 0.15) is 46.6 Å². The van der Waals surface area contributed by atoms with E-state index in [1.165, 1.54) is 16.9 Å². The van der Waals surface area contributed by atoms with E-state index in [1.54, 1.807) is 0 Å². The molecule has 0 spiro atoms. The molecule has 0 radical (unpaired) electrons. The number of benzene rings is 1. The van der Waals surface area contributed by atoms with Crippen LogP contribution >= 0.6 is 23.4 Å². The van der Waals surface area contributed by atoms with Crippen LogP contribution in [0, 0.1) is 5.92 Å². The van der Waals surface area contributed by atoms with E-state index in [2.05, 4.69) is 58.1 Å². The molecule has 0 saturated heterocycles. The third-order valence-corrected chi connectivity index (χ3v) is 4.30. The van der Waals surface area contributed by atoms with Crippen molar-refractivity contribution in [1.29, 1.82) is 0 Å². The average molecular weight is 300 g/mol. The van der Waals surface area contributed by atoms with Crippen molar-refractivity contribution in [2.75, 3.05) is 5.75 Å². The lowest BCUT2D eigenvalue weighted by Crippen LogP contribution is -2.35. The Morgan fingerprint density at radius 2 is 1.95 bits per heavy atom. The molecule has 1 nitrogen and oxygen atoms in total. The van der Waals surface area contributed by atoms with Crippen LogP contribution in [-0.2, 0) is 6.54 Å². The van der Waals surface area contributed by atoms with Crippen molar-refractivity contribution in [3.63, 3.8) is 0 Å². The predicted molar refractivity (Wildman–Crippen MR) is 88.2 cm³/mol. The third-order valence-electron chi connectivity index (χ3n) is 2.77. The van der Waals surface area contributed by atoms with Gasteiger partial charge in [-0.05, 0) is 56.6 Å². The fourth-order valence-corrected chi connectivity index (χ4v) is 3.08. The van der Waals surface area contributed by atoms with Gasteiger partial charge in [0.25, 0.3) is 0 Å². The fourth-order valence-electron chi connectivity index (χ4n) is 1.54. The highest BCUT2D eigenvalue weighted by molar-refractivity contribution is 7.99. The van der Waals surface area contributed by atoms with Crippen LogP contribution in [0.15, 0.2) is 23.1 Å². The topological polar surface area (TPSA) is 12.0 Å². The highest BCUT2D eigenvalue weighted by Crippen LogP contribution is 2.29. The maximum atomic E-state index is 6.35. The van der Waals surface area contributed by atoms with Gasteiger partial charge in [-0.2, -0.15) is 0 Å². The quantitative estimate of drug-likeness (QED) is 0.709. The van der Waals surface area contributed by atoms with Gasteiger partial charge in [-0.25, -0.2) is 0 Å². The van der Waals surface area contributed by atoms with Crippen molar-refractivity contribution in [2.24, 2.45) is 5.92 Å². The molecule has 0 aromatic heterocycles. The summed E-state index contributed by atoms with van der Waals surface area (Å²) in [5, 5.41) is 4.35. The lowest BCUT2D eigenvalue weighted by molar-refractivity contribution is 0.424. The number of nitrogens with one attached hydrogen (secondary N) is 1. The second kappa shape index (κ2) is 7.56. The van der Waals surface area contributed by atoms with E-state index in [0.717, 1.165) is 23.2 Å². The Hall–Kier alpha value is -0.180.